The summed E-state index contributed by atoms with van der Waals surface area (Å²) in [5.74, 6) is 1.19. The third kappa shape index (κ3) is 2.35. The molecular weight excluding hydrogens is 254 g/mol. The van der Waals surface area contributed by atoms with Crippen LogP contribution in [-0.2, 0) is 13.0 Å². The van der Waals surface area contributed by atoms with E-state index < -0.39 is 5.97 Å². The number of nitrogens with zero attached hydrogens (tertiary/aromatic N) is 3. The summed E-state index contributed by atoms with van der Waals surface area (Å²) >= 11 is 0. The topological polar surface area (TPSA) is 58.4 Å². The Kier molecular flexibility index (Phi) is 3.54. The summed E-state index contributed by atoms with van der Waals surface area (Å²) in [6.07, 6.45) is 4.09. The number of carbonyl (C=O) groups is 1. The van der Waals surface area contributed by atoms with Gasteiger partial charge in [0.05, 0.1) is 5.69 Å². The Labute approximate surface area is 119 Å². The van der Waals surface area contributed by atoms with Gasteiger partial charge in [0.15, 0.2) is 5.69 Å². The molecule has 2 aliphatic rings. The summed E-state index contributed by atoms with van der Waals surface area (Å²) in [4.78, 5) is 18.3. The van der Waals surface area contributed by atoms with Crippen LogP contribution in [0.5, 0.6) is 0 Å². The first kappa shape index (κ1) is 13.6. The van der Waals surface area contributed by atoms with Crippen molar-refractivity contribution >= 4 is 5.97 Å². The van der Waals surface area contributed by atoms with Gasteiger partial charge in [0.25, 0.3) is 0 Å². The maximum Gasteiger partial charge on any atom is 0.356 e. The van der Waals surface area contributed by atoms with Gasteiger partial charge < -0.3 is 14.6 Å². The van der Waals surface area contributed by atoms with E-state index >= 15 is 0 Å². The molecule has 0 amide bonds. The van der Waals surface area contributed by atoms with E-state index in [9.17, 15) is 9.90 Å². The van der Waals surface area contributed by atoms with Gasteiger partial charge in [-0.15, -0.1) is 0 Å². The molecule has 5 heteroatoms. The molecule has 0 spiro atoms. The lowest BCUT2D eigenvalue weighted by Gasteiger charge is -2.30. The van der Waals surface area contributed by atoms with Crippen LogP contribution in [0.25, 0.3) is 0 Å². The zero-order valence-electron chi connectivity index (χ0n) is 12.3. The van der Waals surface area contributed by atoms with Crippen molar-refractivity contribution in [3.63, 3.8) is 0 Å². The highest BCUT2D eigenvalue weighted by atomic mass is 16.4. The van der Waals surface area contributed by atoms with Crippen molar-refractivity contribution in [1.82, 2.24) is 14.5 Å². The normalized spacial score (nSPS) is 24.6. The number of carboxylic acid groups (broad SMARTS) is 1. The molecule has 0 saturated carbocycles. The quantitative estimate of drug-likeness (QED) is 0.898. The average Bonchev–Trinajstić information content (AvgIpc) is 2.78. The van der Waals surface area contributed by atoms with Crippen LogP contribution in [0.2, 0.25) is 0 Å². The lowest BCUT2D eigenvalue weighted by atomic mass is 9.94. The maximum atomic E-state index is 11.4. The van der Waals surface area contributed by atoms with Crippen LogP contribution in [0.1, 0.15) is 54.1 Å². The number of hydrogen-bond acceptors (Lipinski definition) is 3. The standard InChI is InChI=1S/C15H23N3O2/c1-10-3-4-12-13(15(19)20)16-14(18(12)9-10)11-5-7-17(2)8-6-11/h10-11H,3-9H2,1-2H3,(H,19,20). The highest BCUT2D eigenvalue weighted by Crippen LogP contribution is 2.32. The Morgan fingerprint density at radius 1 is 1.30 bits per heavy atom. The van der Waals surface area contributed by atoms with E-state index in [1.54, 1.807) is 0 Å². The van der Waals surface area contributed by atoms with E-state index in [2.05, 4.69) is 28.4 Å². The van der Waals surface area contributed by atoms with Crippen molar-refractivity contribution in [2.75, 3.05) is 20.1 Å². The van der Waals surface area contributed by atoms with Crippen LogP contribution in [0.4, 0.5) is 0 Å². The average molecular weight is 277 g/mol. The second-order valence-corrected chi connectivity index (χ2v) is 6.40. The minimum absolute atomic E-state index is 0.297. The van der Waals surface area contributed by atoms with Crippen LogP contribution < -0.4 is 0 Å². The molecule has 1 atom stereocenters. The monoisotopic (exact) mass is 277 g/mol. The van der Waals surface area contributed by atoms with E-state index in [4.69, 9.17) is 0 Å². The third-order valence-electron chi connectivity index (χ3n) is 4.76. The summed E-state index contributed by atoms with van der Waals surface area (Å²) < 4.78 is 2.22. The molecule has 110 valence electrons. The molecule has 20 heavy (non-hydrogen) atoms. The van der Waals surface area contributed by atoms with Gasteiger partial charge in [0.2, 0.25) is 0 Å². The summed E-state index contributed by atoms with van der Waals surface area (Å²) in [5.41, 5.74) is 1.25. The van der Waals surface area contributed by atoms with Crippen molar-refractivity contribution in [1.29, 1.82) is 0 Å². The van der Waals surface area contributed by atoms with Crippen molar-refractivity contribution < 1.29 is 9.90 Å². The molecule has 1 saturated heterocycles. The van der Waals surface area contributed by atoms with Crippen molar-refractivity contribution in [3.8, 4) is 0 Å². The molecule has 0 aliphatic carbocycles. The summed E-state index contributed by atoms with van der Waals surface area (Å²) in [7, 11) is 2.14. The van der Waals surface area contributed by atoms with Crippen molar-refractivity contribution in [2.24, 2.45) is 5.92 Å². The molecule has 1 fully saturated rings. The Morgan fingerprint density at radius 3 is 2.65 bits per heavy atom. The Bertz CT molecular complexity index is 515. The van der Waals surface area contributed by atoms with Gasteiger partial charge >= 0.3 is 5.97 Å². The fraction of sp³-hybridized carbons (Fsp3) is 0.733. The molecular formula is C15H23N3O2. The molecule has 1 N–H and O–H groups in total. The molecule has 1 aromatic heterocycles. The Morgan fingerprint density at radius 2 is 2.00 bits per heavy atom. The number of hydrogen-bond donors (Lipinski definition) is 1. The number of rotatable bonds is 2. The number of aromatic nitrogens is 2. The van der Waals surface area contributed by atoms with Crippen molar-refractivity contribution in [3.05, 3.63) is 17.2 Å². The molecule has 1 unspecified atom stereocenters. The number of aromatic carboxylic acids is 1. The molecule has 0 radical (unpaired) electrons. The predicted molar refractivity (Wildman–Crippen MR) is 76.1 cm³/mol. The Hall–Kier alpha value is -1.36. The van der Waals surface area contributed by atoms with E-state index in [1.165, 1.54) is 0 Å². The summed E-state index contributed by atoms with van der Waals surface area (Å²) in [6, 6.07) is 0. The van der Waals surface area contributed by atoms with Gasteiger partial charge in [-0.1, -0.05) is 6.92 Å². The van der Waals surface area contributed by atoms with Gasteiger partial charge in [0.1, 0.15) is 5.82 Å². The first-order valence-corrected chi connectivity index (χ1v) is 7.57. The number of carboxylic acids is 1. The maximum absolute atomic E-state index is 11.4. The largest absolute Gasteiger partial charge is 0.476 e. The van der Waals surface area contributed by atoms with Crippen LogP contribution in [-0.4, -0.2) is 45.7 Å². The third-order valence-corrected chi connectivity index (χ3v) is 4.76. The Balaban J connectivity index is 1.96. The van der Waals surface area contributed by atoms with E-state index in [-0.39, 0.29) is 0 Å². The summed E-state index contributed by atoms with van der Waals surface area (Å²) in [6.45, 7) is 5.31. The van der Waals surface area contributed by atoms with Gasteiger partial charge in [0, 0.05) is 12.5 Å². The van der Waals surface area contributed by atoms with Gasteiger partial charge in [-0.25, -0.2) is 9.78 Å². The second kappa shape index (κ2) is 5.20. The highest BCUT2D eigenvalue weighted by molar-refractivity contribution is 5.87. The number of piperidine rings is 1. The minimum atomic E-state index is -0.873. The van der Waals surface area contributed by atoms with E-state index in [0.717, 1.165) is 56.8 Å². The van der Waals surface area contributed by atoms with Crippen LogP contribution in [0, 0.1) is 5.92 Å². The van der Waals surface area contributed by atoms with Gasteiger partial charge in [-0.05, 0) is 51.7 Å². The zero-order valence-corrected chi connectivity index (χ0v) is 12.3. The first-order valence-electron chi connectivity index (χ1n) is 7.57. The minimum Gasteiger partial charge on any atom is -0.476 e. The molecule has 0 aromatic carbocycles. The molecule has 0 bridgehead atoms. The fourth-order valence-corrected chi connectivity index (χ4v) is 3.50. The molecule has 5 nitrogen and oxygen atoms in total. The van der Waals surface area contributed by atoms with E-state index in [0.29, 0.717) is 17.5 Å². The highest BCUT2D eigenvalue weighted by Gasteiger charge is 2.31. The molecule has 2 aliphatic heterocycles. The SMILES string of the molecule is CC1CCc2c(C(=O)O)nc(C3CCN(C)CC3)n2C1. The van der Waals surface area contributed by atoms with Crippen molar-refractivity contribution in [2.45, 2.75) is 45.1 Å². The fourth-order valence-electron chi connectivity index (χ4n) is 3.50. The number of imidazole rings is 1. The van der Waals surface area contributed by atoms with E-state index in [1.807, 2.05) is 0 Å². The lowest BCUT2D eigenvalue weighted by molar-refractivity contribution is 0.0689. The van der Waals surface area contributed by atoms with Crippen LogP contribution >= 0.6 is 0 Å². The number of likely N-dealkylation sites (tertiary alicyclic amines) is 1. The van der Waals surface area contributed by atoms with Crippen LogP contribution in [0.15, 0.2) is 0 Å². The van der Waals surface area contributed by atoms with Crippen LogP contribution in [0.3, 0.4) is 0 Å². The lowest BCUT2D eigenvalue weighted by Crippen LogP contribution is -2.31. The molecule has 3 rings (SSSR count). The number of fused-ring (bicyclic) bond motifs is 1. The van der Waals surface area contributed by atoms with Gasteiger partial charge in [-0.2, -0.15) is 0 Å². The predicted octanol–water partition coefficient (Wildman–Crippen LogP) is 1.97. The second-order valence-electron chi connectivity index (χ2n) is 6.40. The first-order chi connectivity index (χ1) is 9.56. The smallest absolute Gasteiger partial charge is 0.356 e. The zero-order chi connectivity index (χ0) is 14.3. The van der Waals surface area contributed by atoms with Gasteiger partial charge in [-0.3, -0.25) is 0 Å². The molecule has 1 aromatic rings. The molecule has 3 heterocycles. The summed E-state index contributed by atoms with van der Waals surface area (Å²) in [5, 5.41) is 9.38.